The summed E-state index contributed by atoms with van der Waals surface area (Å²) in [6.45, 7) is 0. The molecule has 4 rings (SSSR count). The molecule has 2 aliphatic rings. The average Bonchev–Trinajstić information content (AvgIpc) is 3.23. The number of hydrogen-bond donors (Lipinski definition) is 2. The third kappa shape index (κ3) is 3.79. The highest BCUT2D eigenvalue weighted by molar-refractivity contribution is 7.16. The monoisotopic (exact) mass is 497 g/mol. The van der Waals surface area contributed by atoms with E-state index in [4.69, 9.17) is 39.2 Å². The van der Waals surface area contributed by atoms with Crippen LogP contribution in [-0.2, 0) is 23.3 Å². The van der Waals surface area contributed by atoms with E-state index >= 15 is 0 Å². The number of oxime groups is 1. The van der Waals surface area contributed by atoms with Gasteiger partial charge in [-0.3, -0.25) is 5.41 Å². The van der Waals surface area contributed by atoms with Gasteiger partial charge < -0.3 is 10.6 Å². The summed E-state index contributed by atoms with van der Waals surface area (Å²) in [6.07, 6.45) is -1.89. The Morgan fingerprint density at radius 3 is 2.30 bits per heavy atom. The zero-order chi connectivity index (χ0) is 21.0. The number of thiophene rings is 1. The van der Waals surface area contributed by atoms with Gasteiger partial charge in [0.1, 0.15) is 11.5 Å². The van der Waals surface area contributed by atoms with Crippen molar-refractivity contribution < 1.29 is 18.0 Å². The molecule has 0 radical (unpaired) electrons. The van der Waals surface area contributed by atoms with E-state index in [2.05, 4.69) is 5.16 Å². The fourth-order valence-electron chi connectivity index (χ4n) is 3.89. The van der Waals surface area contributed by atoms with Gasteiger partial charge >= 0.3 is 6.18 Å². The van der Waals surface area contributed by atoms with E-state index in [1.54, 1.807) is 0 Å². The minimum atomic E-state index is -4.74. The number of nitrogens with one attached hydrogen (secondary N) is 1. The highest BCUT2D eigenvalue weighted by atomic mass is 35.5. The Morgan fingerprint density at radius 1 is 1.13 bits per heavy atom. The highest BCUT2D eigenvalue weighted by Crippen LogP contribution is 2.51. The molecule has 0 saturated carbocycles. The smallest absolute Gasteiger partial charge is 0.383 e. The standard InChI is InChI=1S/C19H16Cl2F3N3OS.ClH/c20-10-5-9(6-11(21)7-10)18(19(22,23)24)8-14(27-28-18)15-12-3-1-2-4-13(12)16(29-15)17(25)26;/h5-7H,1-4,8H2,(H3,25,26);1H. The fourth-order valence-corrected chi connectivity index (χ4v) is 5.66. The predicted molar refractivity (Wildman–Crippen MR) is 116 cm³/mol. The third-order valence-electron chi connectivity index (χ3n) is 5.24. The van der Waals surface area contributed by atoms with Crippen LogP contribution in [0.2, 0.25) is 10.0 Å². The second kappa shape index (κ2) is 8.22. The van der Waals surface area contributed by atoms with Crippen molar-refractivity contribution in [3.05, 3.63) is 54.7 Å². The Morgan fingerprint density at radius 2 is 1.73 bits per heavy atom. The molecule has 1 aliphatic heterocycles. The minimum absolute atomic E-state index is 0. The topological polar surface area (TPSA) is 71.5 Å². The zero-order valence-electron chi connectivity index (χ0n) is 15.4. The SMILES string of the molecule is Cl.N=C(N)c1sc(C2=NOC(c3cc(Cl)cc(Cl)c3)(C(F)(F)F)C2)c2c1CCCC2. The minimum Gasteiger partial charge on any atom is -0.383 e. The number of amidine groups is 1. The van der Waals surface area contributed by atoms with E-state index < -0.39 is 18.2 Å². The number of hydrogen-bond acceptors (Lipinski definition) is 4. The fraction of sp³-hybridized carbons (Fsp3) is 0.368. The van der Waals surface area contributed by atoms with Gasteiger partial charge in [-0.2, -0.15) is 13.2 Å². The Hall–Kier alpha value is -1.48. The lowest BCUT2D eigenvalue weighted by molar-refractivity contribution is -0.275. The number of halogens is 6. The molecule has 1 aromatic carbocycles. The molecule has 1 aliphatic carbocycles. The summed E-state index contributed by atoms with van der Waals surface area (Å²) in [5, 5.41) is 11.8. The van der Waals surface area contributed by atoms with E-state index in [9.17, 15) is 13.2 Å². The summed E-state index contributed by atoms with van der Waals surface area (Å²) >= 11 is 13.1. The van der Waals surface area contributed by atoms with Crippen LogP contribution >= 0.6 is 46.9 Å². The summed E-state index contributed by atoms with van der Waals surface area (Å²) in [5.74, 6) is -0.0809. The molecule has 2 aromatic rings. The van der Waals surface area contributed by atoms with Crippen LogP contribution in [-0.4, -0.2) is 17.7 Å². The van der Waals surface area contributed by atoms with Gasteiger partial charge in [-0.1, -0.05) is 28.4 Å². The lowest BCUT2D eigenvalue weighted by Gasteiger charge is -2.29. The Kier molecular flexibility index (Phi) is 6.35. The number of fused-ring (bicyclic) bond motifs is 1. The molecule has 1 atom stereocenters. The summed E-state index contributed by atoms with van der Waals surface area (Å²) in [5.41, 5.74) is 4.92. The molecule has 0 bridgehead atoms. The molecule has 2 heterocycles. The second-order valence-corrected chi connectivity index (χ2v) is 9.02. The van der Waals surface area contributed by atoms with Gasteiger partial charge in [0.25, 0.3) is 5.60 Å². The predicted octanol–water partition coefficient (Wildman–Crippen LogP) is 6.22. The maximum atomic E-state index is 14.2. The van der Waals surface area contributed by atoms with Crippen molar-refractivity contribution >= 4 is 58.5 Å². The quantitative estimate of drug-likeness (QED) is 0.389. The molecule has 30 heavy (non-hydrogen) atoms. The molecule has 0 amide bonds. The summed E-state index contributed by atoms with van der Waals surface area (Å²) < 4.78 is 42.6. The van der Waals surface area contributed by atoms with Crippen molar-refractivity contribution in [3.8, 4) is 0 Å². The van der Waals surface area contributed by atoms with Crippen molar-refractivity contribution in [1.29, 1.82) is 5.41 Å². The van der Waals surface area contributed by atoms with Crippen molar-refractivity contribution in [2.75, 3.05) is 0 Å². The average molecular weight is 499 g/mol. The van der Waals surface area contributed by atoms with Gasteiger partial charge in [0.2, 0.25) is 0 Å². The molecule has 0 fully saturated rings. The highest BCUT2D eigenvalue weighted by Gasteiger charge is 2.62. The van der Waals surface area contributed by atoms with Crippen LogP contribution in [0, 0.1) is 5.41 Å². The molecule has 1 unspecified atom stereocenters. The second-order valence-electron chi connectivity index (χ2n) is 7.13. The molecule has 0 saturated heterocycles. The summed E-state index contributed by atoms with van der Waals surface area (Å²) in [6, 6.07) is 3.76. The van der Waals surface area contributed by atoms with E-state index in [0.717, 1.165) is 36.8 Å². The molecule has 3 N–H and O–H groups in total. The first-order chi connectivity index (χ1) is 13.6. The molecular weight excluding hydrogens is 482 g/mol. The summed E-state index contributed by atoms with van der Waals surface area (Å²) in [4.78, 5) is 6.32. The first-order valence-corrected chi connectivity index (χ1v) is 10.5. The number of benzene rings is 1. The Labute approximate surface area is 191 Å². The third-order valence-corrected chi connectivity index (χ3v) is 7.03. The lowest BCUT2D eigenvalue weighted by Crippen LogP contribution is -2.42. The summed E-state index contributed by atoms with van der Waals surface area (Å²) in [7, 11) is 0. The van der Waals surface area contributed by atoms with Crippen molar-refractivity contribution in [3.63, 3.8) is 0 Å². The maximum Gasteiger partial charge on any atom is 0.435 e. The van der Waals surface area contributed by atoms with Gasteiger partial charge in [0, 0.05) is 15.6 Å². The van der Waals surface area contributed by atoms with Gasteiger partial charge in [-0.05, 0) is 55.0 Å². The van der Waals surface area contributed by atoms with E-state index in [1.165, 1.54) is 29.5 Å². The number of nitrogens with zero attached hydrogens (tertiary/aromatic N) is 1. The van der Waals surface area contributed by atoms with Crippen LogP contribution in [0.1, 0.15) is 45.7 Å². The van der Waals surface area contributed by atoms with Gasteiger partial charge in [-0.25, -0.2) is 0 Å². The normalized spacial score (nSPS) is 20.8. The number of nitrogen functional groups attached to an aromatic ring is 1. The molecule has 11 heteroatoms. The molecule has 0 spiro atoms. The van der Waals surface area contributed by atoms with E-state index in [1.807, 2.05) is 0 Å². The molecule has 162 valence electrons. The van der Waals surface area contributed by atoms with Gasteiger partial charge in [0.15, 0.2) is 0 Å². The maximum absolute atomic E-state index is 14.2. The van der Waals surface area contributed by atoms with Crippen molar-refractivity contribution in [2.24, 2.45) is 10.9 Å². The van der Waals surface area contributed by atoms with Crippen LogP contribution in [0.3, 0.4) is 0 Å². The molecular formula is C19H17Cl3F3N3OS. The van der Waals surface area contributed by atoms with Gasteiger partial charge in [0.05, 0.1) is 16.2 Å². The van der Waals surface area contributed by atoms with Crippen LogP contribution in [0.25, 0.3) is 0 Å². The first kappa shape index (κ1) is 23.2. The van der Waals surface area contributed by atoms with Crippen LogP contribution in [0.4, 0.5) is 13.2 Å². The number of rotatable bonds is 3. The van der Waals surface area contributed by atoms with Crippen LogP contribution < -0.4 is 5.73 Å². The molecule has 1 aromatic heterocycles. The van der Waals surface area contributed by atoms with Gasteiger partial charge in [-0.15, -0.1) is 23.7 Å². The van der Waals surface area contributed by atoms with Crippen molar-refractivity contribution in [2.45, 2.75) is 43.9 Å². The van der Waals surface area contributed by atoms with Crippen LogP contribution in [0.15, 0.2) is 23.4 Å². The molecule has 4 nitrogen and oxygen atoms in total. The Balaban J connectivity index is 0.00000256. The van der Waals surface area contributed by atoms with Crippen LogP contribution in [0.5, 0.6) is 0 Å². The lowest BCUT2D eigenvalue weighted by atomic mass is 9.85. The zero-order valence-corrected chi connectivity index (χ0v) is 18.6. The first-order valence-electron chi connectivity index (χ1n) is 8.90. The number of alkyl halides is 3. The Bertz CT molecular complexity index is 1020. The van der Waals surface area contributed by atoms with E-state index in [-0.39, 0.29) is 39.6 Å². The van der Waals surface area contributed by atoms with Crippen molar-refractivity contribution in [1.82, 2.24) is 0 Å². The largest absolute Gasteiger partial charge is 0.435 e. The number of nitrogens with two attached hydrogens (primary N) is 1. The van der Waals surface area contributed by atoms with E-state index in [0.29, 0.717) is 9.75 Å².